The fourth-order valence-electron chi connectivity index (χ4n) is 4.55. The van der Waals surface area contributed by atoms with Crippen LogP contribution in [0.25, 0.3) is 0 Å². The van der Waals surface area contributed by atoms with E-state index in [2.05, 4.69) is 35.0 Å². The molecule has 1 aromatic rings. The van der Waals surface area contributed by atoms with Gasteiger partial charge in [0.05, 0.1) is 0 Å². The maximum atomic E-state index is 2.57. The molecule has 0 atom stereocenters. The van der Waals surface area contributed by atoms with E-state index in [1.807, 2.05) is 0 Å². The van der Waals surface area contributed by atoms with E-state index in [0.29, 0.717) is 5.41 Å². The van der Waals surface area contributed by atoms with Crippen LogP contribution in [0.15, 0.2) is 18.2 Å². The molecule has 0 unspecified atom stereocenters. The van der Waals surface area contributed by atoms with Gasteiger partial charge in [-0.15, -0.1) is 0 Å². The molecular formula is C18H26N2. The summed E-state index contributed by atoms with van der Waals surface area (Å²) in [6.07, 6.45) is 8.15. The molecule has 2 fully saturated rings. The van der Waals surface area contributed by atoms with Crippen molar-refractivity contribution in [2.45, 2.75) is 43.9 Å². The van der Waals surface area contributed by atoms with Crippen LogP contribution in [0.4, 0.5) is 5.69 Å². The highest BCUT2D eigenvalue weighted by molar-refractivity contribution is 5.55. The molecule has 0 amide bonds. The molecule has 0 N–H and O–H groups in total. The van der Waals surface area contributed by atoms with Crippen molar-refractivity contribution in [1.82, 2.24) is 4.90 Å². The van der Waals surface area contributed by atoms with Crippen molar-refractivity contribution < 1.29 is 0 Å². The van der Waals surface area contributed by atoms with Gasteiger partial charge in [0.15, 0.2) is 0 Å². The largest absolute Gasteiger partial charge is 0.372 e. The van der Waals surface area contributed by atoms with Gasteiger partial charge in [0.25, 0.3) is 0 Å². The van der Waals surface area contributed by atoms with Crippen LogP contribution in [0.5, 0.6) is 0 Å². The molecule has 2 heteroatoms. The number of fused-ring (bicyclic) bond motifs is 2. The number of nitrogens with zero attached hydrogens (tertiary/aromatic N) is 2. The Morgan fingerprint density at radius 1 is 0.950 bits per heavy atom. The van der Waals surface area contributed by atoms with Crippen molar-refractivity contribution in [3.05, 3.63) is 29.3 Å². The van der Waals surface area contributed by atoms with Crippen LogP contribution in [0.2, 0.25) is 0 Å². The lowest BCUT2D eigenvalue weighted by Gasteiger charge is -2.38. The lowest BCUT2D eigenvalue weighted by atomic mass is 9.74. The van der Waals surface area contributed by atoms with Crippen LogP contribution in [-0.4, -0.2) is 38.1 Å². The minimum absolute atomic E-state index is 0.519. The summed E-state index contributed by atoms with van der Waals surface area (Å²) in [5.41, 5.74) is 5.34. The zero-order valence-corrected chi connectivity index (χ0v) is 12.7. The maximum Gasteiger partial charge on any atom is 0.0369 e. The molecule has 1 spiro atoms. The predicted octanol–water partition coefficient (Wildman–Crippen LogP) is 3.20. The summed E-state index contributed by atoms with van der Waals surface area (Å²) in [6.45, 7) is 5.06. The number of aryl methyl sites for hydroxylation is 1. The summed E-state index contributed by atoms with van der Waals surface area (Å²) in [5, 5.41) is 0. The van der Waals surface area contributed by atoms with Crippen molar-refractivity contribution in [3.8, 4) is 0 Å². The van der Waals surface area contributed by atoms with E-state index in [1.165, 1.54) is 70.4 Å². The highest BCUT2D eigenvalue weighted by atomic mass is 15.1. The minimum atomic E-state index is 0.519. The molecule has 2 aliphatic heterocycles. The summed E-state index contributed by atoms with van der Waals surface area (Å²) < 4.78 is 0. The second-order valence-corrected chi connectivity index (χ2v) is 7.12. The molecule has 2 saturated heterocycles. The fourth-order valence-corrected chi connectivity index (χ4v) is 4.55. The Kier molecular flexibility index (Phi) is 3.03. The number of hydrogen-bond acceptors (Lipinski definition) is 2. The van der Waals surface area contributed by atoms with E-state index in [0.717, 1.165) is 0 Å². The molecule has 1 aliphatic carbocycles. The Labute approximate surface area is 122 Å². The van der Waals surface area contributed by atoms with Gasteiger partial charge >= 0.3 is 0 Å². The van der Waals surface area contributed by atoms with Crippen molar-refractivity contribution in [2.24, 2.45) is 0 Å². The molecule has 2 nitrogen and oxygen atoms in total. The number of anilines is 1. The summed E-state index contributed by atoms with van der Waals surface area (Å²) in [7, 11) is 2.26. The number of piperidine rings is 1. The zero-order chi connectivity index (χ0) is 13.6. The fraction of sp³-hybridized carbons (Fsp3) is 0.667. The van der Waals surface area contributed by atoms with Crippen molar-refractivity contribution >= 4 is 5.69 Å². The third kappa shape index (κ3) is 1.96. The van der Waals surface area contributed by atoms with Crippen molar-refractivity contribution in [2.75, 3.05) is 38.1 Å². The first-order valence-electron chi connectivity index (χ1n) is 8.34. The summed E-state index contributed by atoms with van der Waals surface area (Å²) in [6, 6.07) is 7.38. The van der Waals surface area contributed by atoms with Gasteiger partial charge in [0, 0.05) is 18.8 Å². The van der Waals surface area contributed by atoms with Crippen LogP contribution in [-0.2, 0) is 11.8 Å². The first-order chi connectivity index (χ1) is 9.77. The Balaban J connectivity index is 1.62. The average molecular weight is 270 g/mol. The minimum Gasteiger partial charge on any atom is -0.372 e. The van der Waals surface area contributed by atoms with Gasteiger partial charge in [0.1, 0.15) is 0 Å². The van der Waals surface area contributed by atoms with Crippen LogP contribution in [0.3, 0.4) is 0 Å². The second-order valence-electron chi connectivity index (χ2n) is 7.12. The Bertz CT molecular complexity index is 494. The molecule has 4 rings (SSSR count). The Morgan fingerprint density at radius 2 is 1.70 bits per heavy atom. The first kappa shape index (κ1) is 12.7. The third-order valence-electron chi connectivity index (χ3n) is 5.95. The molecule has 0 radical (unpaired) electrons. The van der Waals surface area contributed by atoms with Gasteiger partial charge in [-0.05, 0) is 87.3 Å². The molecule has 1 aromatic carbocycles. The van der Waals surface area contributed by atoms with Gasteiger partial charge in [-0.3, -0.25) is 0 Å². The van der Waals surface area contributed by atoms with Gasteiger partial charge in [0.2, 0.25) is 0 Å². The summed E-state index contributed by atoms with van der Waals surface area (Å²) in [4.78, 5) is 5.06. The van der Waals surface area contributed by atoms with Gasteiger partial charge < -0.3 is 9.80 Å². The Hall–Kier alpha value is -1.02. The topological polar surface area (TPSA) is 6.48 Å². The molecular weight excluding hydrogens is 244 g/mol. The highest BCUT2D eigenvalue weighted by Gasteiger charge is 2.40. The molecule has 0 aromatic heterocycles. The zero-order valence-electron chi connectivity index (χ0n) is 12.7. The SMILES string of the molecule is CN1CCC2(CCc3cc(N4CCCC4)ccc32)CC1. The van der Waals surface area contributed by atoms with E-state index in [4.69, 9.17) is 0 Å². The van der Waals surface area contributed by atoms with Crippen molar-refractivity contribution in [3.63, 3.8) is 0 Å². The molecule has 108 valence electrons. The Morgan fingerprint density at radius 3 is 2.45 bits per heavy atom. The molecule has 2 heterocycles. The normalized spacial score (nSPS) is 25.4. The van der Waals surface area contributed by atoms with E-state index in [-0.39, 0.29) is 0 Å². The van der Waals surface area contributed by atoms with E-state index < -0.39 is 0 Å². The van der Waals surface area contributed by atoms with E-state index >= 15 is 0 Å². The first-order valence-corrected chi connectivity index (χ1v) is 8.34. The number of rotatable bonds is 1. The van der Waals surface area contributed by atoms with Crippen molar-refractivity contribution in [1.29, 1.82) is 0 Å². The molecule has 3 aliphatic rings. The number of likely N-dealkylation sites (tertiary alicyclic amines) is 1. The lowest BCUT2D eigenvalue weighted by molar-refractivity contribution is 0.187. The van der Waals surface area contributed by atoms with Crippen LogP contribution in [0.1, 0.15) is 43.2 Å². The molecule has 0 saturated carbocycles. The van der Waals surface area contributed by atoms with E-state index in [9.17, 15) is 0 Å². The average Bonchev–Trinajstić information content (AvgIpc) is 3.11. The highest BCUT2D eigenvalue weighted by Crippen LogP contribution is 2.47. The number of benzene rings is 1. The molecule has 0 bridgehead atoms. The molecule has 20 heavy (non-hydrogen) atoms. The number of hydrogen-bond donors (Lipinski definition) is 0. The summed E-state index contributed by atoms with van der Waals surface area (Å²) >= 11 is 0. The van der Waals surface area contributed by atoms with Gasteiger partial charge in [-0.1, -0.05) is 6.07 Å². The van der Waals surface area contributed by atoms with Gasteiger partial charge in [-0.25, -0.2) is 0 Å². The van der Waals surface area contributed by atoms with Gasteiger partial charge in [-0.2, -0.15) is 0 Å². The monoisotopic (exact) mass is 270 g/mol. The lowest BCUT2D eigenvalue weighted by Crippen LogP contribution is -2.39. The smallest absolute Gasteiger partial charge is 0.0369 e. The van der Waals surface area contributed by atoms with E-state index in [1.54, 1.807) is 11.1 Å². The van der Waals surface area contributed by atoms with Crippen LogP contribution >= 0.6 is 0 Å². The van der Waals surface area contributed by atoms with Crippen LogP contribution in [0, 0.1) is 0 Å². The maximum absolute atomic E-state index is 2.57. The standard InChI is InChI=1S/C18H26N2/c1-19-12-8-18(9-13-19)7-6-15-14-16(4-5-17(15)18)20-10-2-3-11-20/h4-5,14H,2-3,6-13H2,1H3. The third-order valence-corrected chi connectivity index (χ3v) is 5.95. The predicted molar refractivity (Wildman–Crippen MR) is 84.6 cm³/mol. The second kappa shape index (κ2) is 4.77. The quantitative estimate of drug-likeness (QED) is 0.773. The summed E-state index contributed by atoms with van der Waals surface area (Å²) in [5.74, 6) is 0. The van der Waals surface area contributed by atoms with Crippen LogP contribution < -0.4 is 4.90 Å².